The van der Waals surface area contributed by atoms with Crippen LogP contribution in [-0.2, 0) is 19.2 Å². The summed E-state index contributed by atoms with van der Waals surface area (Å²) in [5.74, 6) is -3.17. The maximum atomic E-state index is 12.6. The Labute approximate surface area is 159 Å². The maximum absolute atomic E-state index is 12.6. The summed E-state index contributed by atoms with van der Waals surface area (Å²) in [6.07, 6.45) is 2.10. The van der Waals surface area contributed by atoms with Crippen molar-refractivity contribution in [1.82, 2.24) is 10.6 Å². The highest BCUT2D eigenvalue weighted by Gasteiger charge is 2.30. The van der Waals surface area contributed by atoms with Crippen LogP contribution in [-0.4, -0.2) is 53.5 Å². The molecule has 10 nitrogen and oxygen atoms in total. The molecular formula is C17H33N5O5. The van der Waals surface area contributed by atoms with Crippen molar-refractivity contribution in [3.05, 3.63) is 0 Å². The van der Waals surface area contributed by atoms with Crippen molar-refractivity contribution in [2.24, 2.45) is 23.1 Å². The van der Waals surface area contributed by atoms with Crippen LogP contribution in [0.15, 0.2) is 0 Å². The van der Waals surface area contributed by atoms with Crippen LogP contribution in [0.4, 0.5) is 0 Å². The second kappa shape index (κ2) is 13.0. The normalized spacial score (nSPS) is 15.3. The van der Waals surface area contributed by atoms with Gasteiger partial charge in [-0.05, 0) is 38.1 Å². The average molecular weight is 387 g/mol. The van der Waals surface area contributed by atoms with E-state index < -0.39 is 41.8 Å². The van der Waals surface area contributed by atoms with Crippen LogP contribution in [0, 0.1) is 5.92 Å². The van der Waals surface area contributed by atoms with Gasteiger partial charge in [-0.1, -0.05) is 20.3 Å². The highest BCUT2D eigenvalue weighted by atomic mass is 16.4. The minimum atomic E-state index is -1.14. The molecule has 0 fully saturated rings. The van der Waals surface area contributed by atoms with Gasteiger partial charge in [-0.2, -0.15) is 0 Å². The summed E-state index contributed by atoms with van der Waals surface area (Å²) in [6.45, 7) is 3.98. The summed E-state index contributed by atoms with van der Waals surface area (Å²) in [5, 5.41) is 14.4. The first-order valence-electron chi connectivity index (χ1n) is 9.21. The van der Waals surface area contributed by atoms with E-state index in [4.69, 9.17) is 17.2 Å². The van der Waals surface area contributed by atoms with Crippen molar-refractivity contribution < 1.29 is 24.3 Å². The summed E-state index contributed by atoms with van der Waals surface area (Å²) >= 11 is 0. The molecule has 156 valence electrons. The smallest absolute Gasteiger partial charge is 0.326 e. The number of nitrogens with one attached hydrogen (secondary N) is 2. The van der Waals surface area contributed by atoms with E-state index in [9.17, 15) is 24.3 Å². The third-order valence-electron chi connectivity index (χ3n) is 4.40. The summed E-state index contributed by atoms with van der Waals surface area (Å²) in [5.41, 5.74) is 16.2. The SMILES string of the molecule is CCC(C)C(NC(=O)C(CCCCN)NC(=O)C(N)CCC(N)=O)C(=O)O. The Morgan fingerprint density at radius 2 is 1.67 bits per heavy atom. The molecule has 0 saturated carbocycles. The van der Waals surface area contributed by atoms with Crippen LogP contribution < -0.4 is 27.8 Å². The zero-order valence-electron chi connectivity index (χ0n) is 16.1. The van der Waals surface area contributed by atoms with E-state index in [1.54, 1.807) is 6.92 Å². The molecule has 9 N–H and O–H groups in total. The highest BCUT2D eigenvalue weighted by molar-refractivity contribution is 5.92. The molecule has 0 radical (unpaired) electrons. The van der Waals surface area contributed by atoms with E-state index >= 15 is 0 Å². The summed E-state index contributed by atoms with van der Waals surface area (Å²) in [6, 6.07) is -2.98. The molecule has 0 aromatic carbocycles. The molecule has 10 heteroatoms. The van der Waals surface area contributed by atoms with Crippen LogP contribution >= 0.6 is 0 Å². The van der Waals surface area contributed by atoms with Gasteiger partial charge >= 0.3 is 5.97 Å². The topological polar surface area (TPSA) is 191 Å². The zero-order chi connectivity index (χ0) is 21.0. The first kappa shape index (κ1) is 24.8. The van der Waals surface area contributed by atoms with Gasteiger partial charge in [0, 0.05) is 6.42 Å². The number of aliphatic carboxylic acids is 1. The van der Waals surface area contributed by atoms with Crippen molar-refractivity contribution in [2.45, 2.75) is 70.5 Å². The number of carboxylic acid groups (broad SMARTS) is 1. The Kier molecular flexibility index (Phi) is 12.0. The molecule has 4 atom stereocenters. The Bertz CT molecular complexity index is 514. The predicted octanol–water partition coefficient (Wildman–Crippen LogP) is -1.19. The molecule has 4 unspecified atom stereocenters. The average Bonchev–Trinajstić information content (AvgIpc) is 2.61. The van der Waals surface area contributed by atoms with E-state index in [1.165, 1.54) is 0 Å². The number of rotatable bonds is 14. The molecule has 0 aromatic rings. The number of nitrogens with two attached hydrogens (primary N) is 3. The molecule has 0 aromatic heterocycles. The maximum Gasteiger partial charge on any atom is 0.326 e. The summed E-state index contributed by atoms with van der Waals surface area (Å²) in [7, 11) is 0. The fourth-order valence-electron chi connectivity index (χ4n) is 2.41. The van der Waals surface area contributed by atoms with Gasteiger partial charge in [-0.3, -0.25) is 14.4 Å². The van der Waals surface area contributed by atoms with Crippen molar-refractivity contribution in [1.29, 1.82) is 0 Å². The van der Waals surface area contributed by atoms with Crippen molar-refractivity contribution in [3.63, 3.8) is 0 Å². The summed E-state index contributed by atoms with van der Waals surface area (Å²) < 4.78 is 0. The molecule has 0 bridgehead atoms. The third-order valence-corrected chi connectivity index (χ3v) is 4.40. The third kappa shape index (κ3) is 9.90. The van der Waals surface area contributed by atoms with E-state index in [0.717, 1.165) is 0 Å². The lowest BCUT2D eigenvalue weighted by Gasteiger charge is -2.25. The molecule has 0 spiro atoms. The minimum Gasteiger partial charge on any atom is -0.480 e. The first-order chi connectivity index (χ1) is 12.6. The lowest BCUT2D eigenvalue weighted by molar-refractivity contribution is -0.143. The van der Waals surface area contributed by atoms with Gasteiger partial charge in [0.2, 0.25) is 17.7 Å². The van der Waals surface area contributed by atoms with Crippen LogP contribution in [0.3, 0.4) is 0 Å². The quantitative estimate of drug-likeness (QED) is 0.202. The van der Waals surface area contributed by atoms with Gasteiger partial charge in [0.1, 0.15) is 12.1 Å². The molecule has 0 aliphatic rings. The van der Waals surface area contributed by atoms with Gasteiger partial charge in [0.25, 0.3) is 0 Å². The molecule has 0 heterocycles. The monoisotopic (exact) mass is 387 g/mol. The molecule has 0 aliphatic carbocycles. The number of unbranched alkanes of at least 4 members (excludes halogenated alkanes) is 1. The number of carbonyl (C=O) groups is 4. The van der Waals surface area contributed by atoms with E-state index in [-0.39, 0.29) is 18.8 Å². The standard InChI is InChI=1S/C17H33N5O5/c1-3-10(2)14(17(26)27)22-16(25)12(6-4-5-9-18)21-15(24)11(19)7-8-13(20)23/h10-12,14H,3-9,18-19H2,1-2H3,(H2,20,23)(H,21,24)(H,22,25)(H,26,27). The number of amides is 3. The number of hydrogen-bond acceptors (Lipinski definition) is 6. The molecular weight excluding hydrogens is 354 g/mol. The Hall–Kier alpha value is -2.20. The van der Waals surface area contributed by atoms with Crippen LogP contribution in [0.1, 0.15) is 52.4 Å². The minimum absolute atomic E-state index is 0.0479. The van der Waals surface area contributed by atoms with Gasteiger partial charge in [-0.15, -0.1) is 0 Å². The molecule has 0 saturated heterocycles. The fourth-order valence-corrected chi connectivity index (χ4v) is 2.41. The predicted molar refractivity (Wildman–Crippen MR) is 100 cm³/mol. The van der Waals surface area contributed by atoms with E-state index in [0.29, 0.717) is 32.2 Å². The van der Waals surface area contributed by atoms with Gasteiger partial charge < -0.3 is 32.9 Å². The summed E-state index contributed by atoms with van der Waals surface area (Å²) in [4.78, 5) is 47.0. The fraction of sp³-hybridized carbons (Fsp3) is 0.765. The van der Waals surface area contributed by atoms with Crippen LogP contribution in [0.25, 0.3) is 0 Å². The van der Waals surface area contributed by atoms with E-state index in [1.807, 2.05) is 6.92 Å². The Balaban J connectivity index is 5.04. The van der Waals surface area contributed by atoms with Crippen molar-refractivity contribution in [2.75, 3.05) is 6.54 Å². The number of carbonyl (C=O) groups excluding carboxylic acids is 3. The molecule has 3 amide bonds. The molecule has 0 aliphatic heterocycles. The van der Waals surface area contributed by atoms with Crippen LogP contribution in [0.5, 0.6) is 0 Å². The first-order valence-corrected chi connectivity index (χ1v) is 9.21. The van der Waals surface area contributed by atoms with Crippen LogP contribution in [0.2, 0.25) is 0 Å². The Morgan fingerprint density at radius 1 is 1.04 bits per heavy atom. The lowest BCUT2D eigenvalue weighted by atomic mass is 9.98. The Morgan fingerprint density at radius 3 is 2.15 bits per heavy atom. The number of primary amides is 1. The van der Waals surface area contributed by atoms with Gasteiger partial charge in [-0.25, -0.2) is 4.79 Å². The second-order valence-electron chi connectivity index (χ2n) is 6.67. The zero-order valence-corrected chi connectivity index (χ0v) is 16.1. The molecule has 27 heavy (non-hydrogen) atoms. The lowest BCUT2D eigenvalue weighted by Crippen LogP contribution is -2.55. The number of carboxylic acids is 1. The highest BCUT2D eigenvalue weighted by Crippen LogP contribution is 2.10. The largest absolute Gasteiger partial charge is 0.480 e. The van der Waals surface area contributed by atoms with Crippen molar-refractivity contribution in [3.8, 4) is 0 Å². The second-order valence-corrected chi connectivity index (χ2v) is 6.67. The van der Waals surface area contributed by atoms with Gasteiger partial charge in [0.15, 0.2) is 0 Å². The van der Waals surface area contributed by atoms with Crippen molar-refractivity contribution >= 4 is 23.7 Å². The molecule has 0 rings (SSSR count). The van der Waals surface area contributed by atoms with Gasteiger partial charge in [0.05, 0.1) is 6.04 Å². The number of hydrogen-bond donors (Lipinski definition) is 6. The van der Waals surface area contributed by atoms with E-state index in [2.05, 4.69) is 10.6 Å².